The summed E-state index contributed by atoms with van der Waals surface area (Å²) in [4.78, 5) is 10.3. The van der Waals surface area contributed by atoms with Gasteiger partial charge in [0.05, 0.1) is 17.8 Å². The Morgan fingerprint density at radius 1 is 1.32 bits per heavy atom. The fourth-order valence-corrected chi connectivity index (χ4v) is 3.42. The average Bonchev–Trinajstić information content (AvgIpc) is 2.97. The van der Waals surface area contributed by atoms with E-state index in [-0.39, 0.29) is 24.0 Å². The third-order valence-electron chi connectivity index (χ3n) is 3.72. The first-order valence-electron chi connectivity index (χ1n) is 8.18. The van der Waals surface area contributed by atoms with Gasteiger partial charge in [-0.25, -0.2) is 4.98 Å². The molecule has 0 bridgehead atoms. The Bertz CT molecular complexity index is 687. The minimum atomic E-state index is 0. The van der Waals surface area contributed by atoms with E-state index in [9.17, 15) is 0 Å². The van der Waals surface area contributed by atoms with Gasteiger partial charge in [0, 0.05) is 31.4 Å². The number of hydrogen-bond donors (Lipinski definition) is 2. The van der Waals surface area contributed by atoms with Crippen LogP contribution in [0.4, 0.5) is 0 Å². The molecule has 1 aromatic carbocycles. The van der Waals surface area contributed by atoms with E-state index in [4.69, 9.17) is 4.74 Å². The maximum absolute atomic E-state index is 5.24. The number of thiazole rings is 1. The highest BCUT2D eigenvalue weighted by molar-refractivity contribution is 14.0. The minimum absolute atomic E-state index is 0. The first-order chi connectivity index (χ1) is 11.7. The lowest BCUT2D eigenvalue weighted by Gasteiger charge is -2.12. The lowest BCUT2D eigenvalue weighted by molar-refractivity contribution is 0.414. The van der Waals surface area contributed by atoms with Crippen molar-refractivity contribution in [3.8, 4) is 5.75 Å². The number of benzene rings is 1. The second-order valence-corrected chi connectivity index (χ2v) is 6.71. The number of methoxy groups -OCH3 is 1. The van der Waals surface area contributed by atoms with Gasteiger partial charge < -0.3 is 15.4 Å². The zero-order valence-corrected chi connectivity index (χ0v) is 18.4. The first kappa shape index (κ1) is 21.7. The Balaban J connectivity index is 0.00000312. The lowest BCUT2D eigenvalue weighted by atomic mass is 10.2. The SMILES string of the molecule is CCc1nc(CCNC(=NC)NCc2cccc(OC)c2)sc1C.I. The summed E-state index contributed by atoms with van der Waals surface area (Å²) < 4.78 is 5.24. The van der Waals surface area contributed by atoms with Gasteiger partial charge in [-0.2, -0.15) is 0 Å². The molecule has 0 spiro atoms. The molecule has 0 amide bonds. The number of aryl methyl sites for hydroxylation is 2. The van der Waals surface area contributed by atoms with E-state index >= 15 is 0 Å². The highest BCUT2D eigenvalue weighted by atomic mass is 127. The second kappa shape index (κ2) is 11.3. The van der Waals surface area contributed by atoms with E-state index in [1.54, 1.807) is 25.5 Å². The van der Waals surface area contributed by atoms with Crippen LogP contribution < -0.4 is 15.4 Å². The van der Waals surface area contributed by atoms with Crippen molar-refractivity contribution in [3.63, 3.8) is 0 Å². The molecule has 2 aromatic rings. The van der Waals surface area contributed by atoms with Crippen molar-refractivity contribution in [2.45, 2.75) is 33.2 Å². The Morgan fingerprint density at radius 2 is 2.12 bits per heavy atom. The predicted octanol–water partition coefficient (Wildman–Crippen LogP) is 3.55. The number of halogens is 1. The van der Waals surface area contributed by atoms with Crippen molar-refractivity contribution >= 4 is 41.3 Å². The zero-order valence-electron chi connectivity index (χ0n) is 15.3. The third kappa shape index (κ3) is 6.81. The third-order valence-corrected chi connectivity index (χ3v) is 4.79. The largest absolute Gasteiger partial charge is 0.497 e. The number of rotatable bonds is 7. The van der Waals surface area contributed by atoms with E-state index in [2.05, 4.69) is 40.5 Å². The number of ether oxygens (including phenoxy) is 1. The predicted molar refractivity (Wildman–Crippen MR) is 117 cm³/mol. The van der Waals surface area contributed by atoms with Gasteiger partial charge in [0.15, 0.2) is 5.96 Å². The summed E-state index contributed by atoms with van der Waals surface area (Å²) in [6, 6.07) is 8.01. The highest BCUT2D eigenvalue weighted by Gasteiger charge is 2.06. The molecule has 0 radical (unpaired) electrons. The van der Waals surface area contributed by atoms with Crippen molar-refractivity contribution in [2.24, 2.45) is 4.99 Å². The van der Waals surface area contributed by atoms with Crippen LogP contribution in [0.25, 0.3) is 0 Å². The van der Waals surface area contributed by atoms with Gasteiger partial charge in [0.1, 0.15) is 5.75 Å². The van der Waals surface area contributed by atoms with Crippen LogP contribution in [0.2, 0.25) is 0 Å². The molecule has 0 aliphatic rings. The summed E-state index contributed by atoms with van der Waals surface area (Å²) in [6.07, 6.45) is 1.91. The van der Waals surface area contributed by atoms with Crippen molar-refractivity contribution in [1.29, 1.82) is 0 Å². The molecule has 2 N–H and O–H groups in total. The normalized spacial score (nSPS) is 11.0. The second-order valence-electron chi connectivity index (χ2n) is 5.42. The molecule has 0 saturated heterocycles. The van der Waals surface area contributed by atoms with Crippen LogP contribution in [0.15, 0.2) is 29.3 Å². The Morgan fingerprint density at radius 3 is 2.76 bits per heavy atom. The molecule has 7 heteroatoms. The van der Waals surface area contributed by atoms with Gasteiger partial charge >= 0.3 is 0 Å². The number of hydrogen-bond acceptors (Lipinski definition) is 4. The average molecular weight is 474 g/mol. The fourth-order valence-electron chi connectivity index (χ4n) is 2.40. The number of aliphatic imine (C=N–C) groups is 1. The van der Waals surface area contributed by atoms with E-state index in [0.717, 1.165) is 36.7 Å². The van der Waals surface area contributed by atoms with E-state index in [0.29, 0.717) is 6.54 Å². The maximum Gasteiger partial charge on any atom is 0.191 e. The topological polar surface area (TPSA) is 58.5 Å². The summed E-state index contributed by atoms with van der Waals surface area (Å²) in [5, 5.41) is 7.84. The summed E-state index contributed by atoms with van der Waals surface area (Å²) in [6.45, 7) is 5.80. The summed E-state index contributed by atoms with van der Waals surface area (Å²) in [7, 11) is 3.46. The molecule has 0 aliphatic carbocycles. The van der Waals surface area contributed by atoms with Crippen molar-refractivity contribution in [2.75, 3.05) is 20.7 Å². The molecule has 2 rings (SSSR count). The first-order valence-corrected chi connectivity index (χ1v) is 9.00. The van der Waals surface area contributed by atoms with Gasteiger partial charge in [-0.05, 0) is 31.0 Å². The van der Waals surface area contributed by atoms with Crippen LogP contribution >= 0.6 is 35.3 Å². The fraction of sp³-hybridized carbons (Fsp3) is 0.444. The minimum Gasteiger partial charge on any atom is -0.497 e. The smallest absolute Gasteiger partial charge is 0.191 e. The van der Waals surface area contributed by atoms with E-state index < -0.39 is 0 Å². The van der Waals surface area contributed by atoms with Crippen molar-refractivity contribution in [3.05, 3.63) is 45.4 Å². The molecule has 0 unspecified atom stereocenters. The van der Waals surface area contributed by atoms with E-state index in [1.165, 1.54) is 15.6 Å². The number of guanidine groups is 1. The number of nitrogens with one attached hydrogen (secondary N) is 2. The molecule has 25 heavy (non-hydrogen) atoms. The lowest BCUT2D eigenvalue weighted by Crippen LogP contribution is -2.37. The van der Waals surface area contributed by atoms with Crippen LogP contribution in [0.1, 0.15) is 28.1 Å². The van der Waals surface area contributed by atoms with Gasteiger partial charge in [-0.1, -0.05) is 19.1 Å². The standard InChI is InChI=1S/C18H26N4OS.HI/c1-5-16-13(2)24-17(22-16)9-10-20-18(19-3)21-12-14-7-6-8-15(11-14)23-4;/h6-8,11H,5,9-10,12H2,1-4H3,(H2,19,20,21);1H. The maximum atomic E-state index is 5.24. The molecule has 1 heterocycles. The number of aromatic nitrogens is 1. The molecule has 1 aromatic heterocycles. The van der Waals surface area contributed by atoms with Crippen molar-refractivity contribution < 1.29 is 4.74 Å². The molecule has 0 atom stereocenters. The molecule has 0 aliphatic heterocycles. The monoisotopic (exact) mass is 474 g/mol. The molecule has 5 nitrogen and oxygen atoms in total. The Kier molecular flexibility index (Phi) is 9.81. The van der Waals surface area contributed by atoms with Gasteiger partial charge in [0.2, 0.25) is 0 Å². The number of nitrogens with zero attached hydrogens (tertiary/aromatic N) is 2. The summed E-state index contributed by atoms with van der Waals surface area (Å²) in [5.41, 5.74) is 2.37. The van der Waals surface area contributed by atoms with Crippen LogP contribution in [-0.2, 0) is 19.4 Å². The molecule has 0 saturated carbocycles. The molecule has 0 fully saturated rings. The molecule has 138 valence electrons. The van der Waals surface area contributed by atoms with Crippen LogP contribution in [0, 0.1) is 6.92 Å². The van der Waals surface area contributed by atoms with Gasteiger partial charge in [-0.3, -0.25) is 4.99 Å². The van der Waals surface area contributed by atoms with Crippen LogP contribution in [0.5, 0.6) is 5.75 Å². The van der Waals surface area contributed by atoms with Crippen molar-refractivity contribution in [1.82, 2.24) is 15.6 Å². The Hall–Kier alpha value is -1.35. The summed E-state index contributed by atoms with van der Waals surface area (Å²) in [5.74, 6) is 1.66. The summed E-state index contributed by atoms with van der Waals surface area (Å²) >= 11 is 1.79. The van der Waals surface area contributed by atoms with Crippen LogP contribution in [-0.4, -0.2) is 31.6 Å². The highest BCUT2D eigenvalue weighted by Crippen LogP contribution is 2.18. The van der Waals surface area contributed by atoms with Gasteiger partial charge in [0.25, 0.3) is 0 Å². The van der Waals surface area contributed by atoms with E-state index in [1.807, 2.05) is 18.2 Å². The quantitative estimate of drug-likeness (QED) is 0.366. The molecular formula is C18H27IN4OS. The molecular weight excluding hydrogens is 447 g/mol. The Labute approximate surface area is 171 Å². The van der Waals surface area contributed by atoms with Gasteiger partial charge in [-0.15, -0.1) is 35.3 Å². The zero-order chi connectivity index (χ0) is 17.4. The van der Waals surface area contributed by atoms with Crippen LogP contribution in [0.3, 0.4) is 0 Å².